The quantitative estimate of drug-likeness (QED) is 0.691. The van der Waals surface area contributed by atoms with E-state index in [0.717, 1.165) is 31.3 Å². The van der Waals surface area contributed by atoms with Crippen LogP contribution in [0.4, 0.5) is 4.39 Å². The van der Waals surface area contributed by atoms with Gasteiger partial charge in [0.25, 0.3) is 0 Å². The van der Waals surface area contributed by atoms with E-state index < -0.39 is 12.3 Å². The molecule has 7 atom stereocenters. The first-order chi connectivity index (χ1) is 10.4. The summed E-state index contributed by atoms with van der Waals surface area (Å²) in [6.07, 6.45) is 6.32. The highest BCUT2D eigenvalue weighted by molar-refractivity contribution is 5.87. The van der Waals surface area contributed by atoms with Crippen LogP contribution in [0, 0.1) is 28.6 Å². The van der Waals surface area contributed by atoms with E-state index in [9.17, 15) is 14.3 Å². The third-order valence-corrected chi connectivity index (χ3v) is 7.78. The Balaban J connectivity index is 1.75. The molecule has 0 aliphatic heterocycles. The molecular weight excluding hydrogens is 279 g/mol. The minimum Gasteiger partial charge on any atom is -0.389 e. The van der Waals surface area contributed by atoms with E-state index in [1.54, 1.807) is 0 Å². The Labute approximate surface area is 132 Å². The maximum absolute atomic E-state index is 13.8. The highest BCUT2D eigenvalue weighted by Gasteiger charge is 2.60. The molecule has 0 aromatic carbocycles. The highest BCUT2D eigenvalue weighted by Crippen LogP contribution is 2.64. The van der Waals surface area contributed by atoms with Gasteiger partial charge in [-0.15, -0.1) is 0 Å². The molecule has 22 heavy (non-hydrogen) atoms. The van der Waals surface area contributed by atoms with Gasteiger partial charge in [-0.1, -0.05) is 25.5 Å². The average molecular weight is 306 g/mol. The van der Waals surface area contributed by atoms with Crippen molar-refractivity contribution in [2.45, 2.75) is 71.1 Å². The van der Waals surface area contributed by atoms with Crippen LogP contribution in [0.5, 0.6) is 0 Å². The van der Waals surface area contributed by atoms with E-state index in [2.05, 4.69) is 13.8 Å². The van der Waals surface area contributed by atoms with Gasteiger partial charge >= 0.3 is 0 Å². The molecule has 0 bridgehead atoms. The van der Waals surface area contributed by atoms with Crippen LogP contribution in [0.2, 0.25) is 0 Å². The summed E-state index contributed by atoms with van der Waals surface area (Å²) < 4.78 is 13.8. The van der Waals surface area contributed by atoms with Crippen molar-refractivity contribution in [1.29, 1.82) is 0 Å². The number of Topliss-reactive ketones (excluding diaryl/α,β-unsaturated/α-hetero) is 1. The molecule has 0 saturated heterocycles. The van der Waals surface area contributed by atoms with Crippen molar-refractivity contribution in [1.82, 2.24) is 0 Å². The molecule has 0 aromatic heterocycles. The third-order valence-electron chi connectivity index (χ3n) is 7.78. The number of carbonyl (C=O) groups excluding carboxylic acids is 1. The number of aliphatic hydroxyl groups excluding tert-OH is 1. The Morgan fingerprint density at radius 2 is 1.82 bits per heavy atom. The van der Waals surface area contributed by atoms with Gasteiger partial charge in [-0.05, 0) is 55.3 Å². The van der Waals surface area contributed by atoms with Crippen LogP contribution < -0.4 is 0 Å². The van der Waals surface area contributed by atoms with Crippen LogP contribution in [-0.2, 0) is 4.79 Å². The lowest BCUT2D eigenvalue weighted by atomic mass is 9.47. The fourth-order valence-corrected chi connectivity index (χ4v) is 6.38. The molecule has 3 heteroatoms. The average Bonchev–Trinajstić information content (AvgIpc) is 2.77. The maximum atomic E-state index is 13.8. The minimum absolute atomic E-state index is 0.0411. The Morgan fingerprint density at radius 3 is 2.59 bits per heavy atom. The number of allylic oxidation sites excluding steroid dienone is 1. The number of fused-ring (bicyclic) bond motifs is 5. The van der Waals surface area contributed by atoms with E-state index in [1.807, 2.05) is 6.08 Å². The molecule has 3 saturated carbocycles. The predicted octanol–water partition coefficient (Wildman–Crippen LogP) is 3.83. The van der Waals surface area contributed by atoms with Crippen molar-refractivity contribution in [2.24, 2.45) is 28.6 Å². The van der Waals surface area contributed by atoms with E-state index in [0.29, 0.717) is 36.9 Å². The SMILES string of the molecule is C[C@]12CCC(F)CC1=C[C@@H](O)[C@@H]1[C@@H]2CC[C@]2(C)C(=O)CC[C@@H]12. The minimum atomic E-state index is -0.745. The summed E-state index contributed by atoms with van der Waals surface area (Å²) in [5.41, 5.74) is 0.966. The van der Waals surface area contributed by atoms with E-state index >= 15 is 0 Å². The van der Waals surface area contributed by atoms with Gasteiger partial charge in [0.05, 0.1) is 6.10 Å². The summed E-state index contributed by atoms with van der Waals surface area (Å²) in [5.74, 6) is 1.32. The molecule has 0 aromatic rings. The Bertz CT molecular complexity index is 542. The second kappa shape index (κ2) is 4.66. The molecule has 3 fully saturated rings. The molecule has 1 unspecified atom stereocenters. The van der Waals surface area contributed by atoms with Gasteiger partial charge in [-0.25, -0.2) is 4.39 Å². The predicted molar refractivity (Wildman–Crippen MR) is 83.0 cm³/mol. The molecule has 0 spiro atoms. The topological polar surface area (TPSA) is 37.3 Å². The van der Waals surface area contributed by atoms with Crippen molar-refractivity contribution in [2.75, 3.05) is 0 Å². The van der Waals surface area contributed by atoms with Gasteiger partial charge in [0, 0.05) is 18.3 Å². The van der Waals surface area contributed by atoms with E-state index in [4.69, 9.17) is 0 Å². The molecular formula is C19H27FO2. The first-order valence-corrected chi connectivity index (χ1v) is 8.93. The van der Waals surface area contributed by atoms with Crippen LogP contribution in [0.15, 0.2) is 11.6 Å². The van der Waals surface area contributed by atoms with E-state index in [-0.39, 0.29) is 16.7 Å². The van der Waals surface area contributed by atoms with Crippen LogP contribution >= 0.6 is 0 Å². The molecule has 4 aliphatic carbocycles. The van der Waals surface area contributed by atoms with Gasteiger partial charge < -0.3 is 5.11 Å². The Kier molecular flexibility index (Phi) is 3.15. The first kappa shape index (κ1) is 14.9. The number of hydrogen-bond donors (Lipinski definition) is 1. The van der Waals surface area contributed by atoms with Crippen molar-refractivity contribution in [3.05, 3.63) is 11.6 Å². The van der Waals surface area contributed by atoms with Crippen molar-refractivity contribution in [3.63, 3.8) is 0 Å². The van der Waals surface area contributed by atoms with Gasteiger partial charge in [-0.3, -0.25) is 4.79 Å². The molecule has 4 aliphatic rings. The van der Waals surface area contributed by atoms with Gasteiger partial charge in [0.1, 0.15) is 12.0 Å². The van der Waals surface area contributed by atoms with Crippen molar-refractivity contribution < 1.29 is 14.3 Å². The number of carbonyl (C=O) groups is 1. The number of hydrogen-bond acceptors (Lipinski definition) is 2. The molecule has 4 rings (SSSR count). The third kappa shape index (κ3) is 1.78. The summed E-state index contributed by atoms with van der Waals surface area (Å²) in [6.45, 7) is 4.41. The lowest BCUT2D eigenvalue weighted by Gasteiger charge is -2.57. The second-order valence-corrected chi connectivity index (χ2v) is 8.65. The zero-order chi connectivity index (χ0) is 15.7. The summed E-state index contributed by atoms with van der Waals surface area (Å²) in [4.78, 5) is 12.4. The fourth-order valence-electron chi connectivity index (χ4n) is 6.38. The number of rotatable bonds is 0. The lowest BCUT2D eigenvalue weighted by Crippen LogP contribution is -2.54. The fraction of sp³-hybridized carbons (Fsp3) is 0.842. The highest BCUT2D eigenvalue weighted by atomic mass is 19.1. The summed E-state index contributed by atoms with van der Waals surface area (Å²) in [7, 11) is 0. The Morgan fingerprint density at radius 1 is 1.14 bits per heavy atom. The zero-order valence-electron chi connectivity index (χ0n) is 13.6. The molecule has 122 valence electrons. The van der Waals surface area contributed by atoms with Crippen LogP contribution in [-0.4, -0.2) is 23.2 Å². The first-order valence-electron chi connectivity index (χ1n) is 8.93. The summed E-state index contributed by atoms with van der Waals surface area (Å²) >= 11 is 0. The monoisotopic (exact) mass is 306 g/mol. The summed E-state index contributed by atoms with van der Waals surface area (Å²) in [6, 6.07) is 0. The van der Waals surface area contributed by atoms with Crippen LogP contribution in [0.3, 0.4) is 0 Å². The number of aliphatic hydroxyl groups is 1. The van der Waals surface area contributed by atoms with Crippen LogP contribution in [0.1, 0.15) is 58.8 Å². The van der Waals surface area contributed by atoms with E-state index in [1.165, 1.54) is 0 Å². The van der Waals surface area contributed by atoms with Crippen molar-refractivity contribution in [3.8, 4) is 0 Å². The molecule has 0 heterocycles. The normalized spacial score (nSPS) is 54.3. The maximum Gasteiger partial charge on any atom is 0.139 e. The number of alkyl halides is 1. The zero-order valence-corrected chi connectivity index (χ0v) is 13.6. The number of ketones is 1. The molecule has 1 N–H and O–H groups in total. The molecule has 0 radical (unpaired) electrons. The molecule has 2 nitrogen and oxygen atoms in total. The van der Waals surface area contributed by atoms with Gasteiger partial charge in [-0.2, -0.15) is 0 Å². The lowest BCUT2D eigenvalue weighted by molar-refractivity contribution is -0.135. The second-order valence-electron chi connectivity index (χ2n) is 8.65. The van der Waals surface area contributed by atoms with Gasteiger partial charge in [0.2, 0.25) is 0 Å². The van der Waals surface area contributed by atoms with Gasteiger partial charge in [0.15, 0.2) is 0 Å². The van der Waals surface area contributed by atoms with Crippen molar-refractivity contribution >= 4 is 5.78 Å². The molecule has 0 amide bonds. The largest absolute Gasteiger partial charge is 0.389 e. The standard InChI is InChI=1S/C19H27FO2/c1-18-7-5-12(20)9-11(18)10-15(21)17-13-3-4-16(22)19(13,2)8-6-14(17)18/h10,12-15,17,21H,3-9H2,1-2H3/t12?,13-,14-,15+,17-,18-,19-/m0/s1. The number of halogens is 1. The Hall–Kier alpha value is -0.700. The summed E-state index contributed by atoms with van der Waals surface area (Å²) in [5, 5.41) is 10.8. The smallest absolute Gasteiger partial charge is 0.139 e. The van der Waals surface area contributed by atoms with Crippen LogP contribution in [0.25, 0.3) is 0 Å².